The third kappa shape index (κ3) is 4.82. The van der Waals surface area contributed by atoms with Gasteiger partial charge in [-0.05, 0) is 52.8 Å². The van der Waals surface area contributed by atoms with E-state index in [4.69, 9.17) is 0 Å². The minimum atomic E-state index is -0.751. The number of hydrogen-bond acceptors (Lipinski definition) is 3. The molecular weight excluding hydrogens is 417 g/mol. The molecule has 2 unspecified atom stereocenters. The van der Waals surface area contributed by atoms with E-state index in [2.05, 4.69) is 34.5 Å². The van der Waals surface area contributed by atoms with E-state index in [0.717, 1.165) is 9.13 Å². The molecule has 0 radical (unpaired) electrons. The van der Waals surface area contributed by atoms with Crippen molar-refractivity contribution in [3.05, 3.63) is 75.9 Å². The Morgan fingerprint density at radius 1 is 1.25 bits per heavy atom. The number of halogens is 1. The molecule has 5 heteroatoms. The van der Waals surface area contributed by atoms with Crippen LogP contribution in [0, 0.1) is 3.57 Å². The van der Waals surface area contributed by atoms with Crippen molar-refractivity contribution in [2.75, 3.05) is 6.54 Å². The quantitative estimate of drug-likeness (QED) is 0.459. The second-order valence-corrected chi connectivity index (χ2v) is 6.73. The average molecular weight is 437 g/mol. The zero-order chi connectivity index (χ0) is 17.5. The van der Waals surface area contributed by atoms with Crippen molar-refractivity contribution >= 4 is 28.5 Å². The Morgan fingerprint density at radius 2 is 1.96 bits per heavy atom. The third-order valence-electron chi connectivity index (χ3n) is 3.79. The predicted octanol–water partition coefficient (Wildman–Crippen LogP) is 3.45. The monoisotopic (exact) mass is 437 g/mol. The molecule has 0 bridgehead atoms. The van der Waals surface area contributed by atoms with Crippen LogP contribution < -0.4 is 5.32 Å². The highest BCUT2D eigenvalue weighted by atomic mass is 127. The fourth-order valence-electron chi connectivity index (χ4n) is 2.52. The summed E-state index contributed by atoms with van der Waals surface area (Å²) < 4.78 is 0.852. The summed E-state index contributed by atoms with van der Waals surface area (Å²) in [6.45, 7) is 3.83. The van der Waals surface area contributed by atoms with Crippen LogP contribution in [-0.2, 0) is 0 Å². The van der Waals surface area contributed by atoms with Gasteiger partial charge in [0, 0.05) is 16.0 Å². The van der Waals surface area contributed by atoms with Crippen LogP contribution in [0.15, 0.2) is 61.2 Å². The van der Waals surface area contributed by atoms with E-state index in [9.17, 15) is 15.0 Å². The molecule has 0 aliphatic carbocycles. The van der Waals surface area contributed by atoms with E-state index in [1.165, 1.54) is 6.07 Å². The Kier molecular flexibility index (Phi) is 6.81. The lowest BCUT2D eigenvalue weighted by molar-refractivity contribution is 0.0892. The molecule has 0 saturated carbocycles. The Morgan fingerprint density at radius 3 is 2.62 bits per heavy atom. The maximum absolute atomic E-state index is 12.2. The van der Waals surface area contributed by atoms with Crippen molar-refractivity contribution in [3.63, 3.8) is 0 Å². The van der Waals surface area contributed by atoms with Gasteiger partial charge in [-0.3, -0.25) is 4.79 Å². The fourth-order valence-corrected chi connectivity index (χ4v) is 3.01. The van der Waals surface area contributed by atoms with Crippen molar-refractivity contribution in [1.82, 2.24) is 5.32 Å². The van der Waals surface area contributed by atoms with E-state index in [0.29, 0.717) is 6.42 Å². The Labute approximate surface area is 155 Å². The molecule has 2 rings (SSSR count). The molecule has 24 heavy (non-hydrogen) atoms. The molecule has 3 N–H and O–H groups in total. The number of aliphatic hydroxyl groups is 1. The Hall–Kier alpha value is -1.86. The number of benzene rings is 2. The molecule has 126 valence electrons. The number of rotatable bonds is 7. The molecule has 0 aliphatic heterocycles. The molecular formula is C19H20INO3. The van der Waals surface area contributed by atoms with Crippen LogP contribution >= 0.6 is 22.6 Å². The Balaban J connectivity index is 2.05. The minimum absolute atomic E-state index is 0.0758. The maximum atomic E-state index is 12.2. The van der Waals surface area contributed by atoms with Crippen molar-refractivity contribution in [2.24, 2.45) is 0 Å². The van der Waals surface area contributed by atoms with Gasteiger partial charge in [-0.25, -0.2) is 0 Å². The summed E-state index contributed by atoms with van der Waals surface area (Å²) in [7, 11) is 0. The van der Waals surface area contributed by atoms with E-state index >= 15 is 0 Å². The first kappa shape index (κ1) is 18.5. The SMILES string of the molecule is C=CCC(c1ccccc1)C(O)CNC(=O)c1cc(I)ccc1O. The van der Waals surface area contributed by atoms with E-state index in [1.54, 1.807) is 18.2 Å². The average Bonchev–Trinajstić information content (AvgIpc) is 2.60. The number of aliphatic hydroxyl groups excluding tert-OH is 1. The molecule has 0 spiro atoms. The highest BCUT2D eigenvalue weighted by molar-refractivity contribution is 14.1. The van der Waals surface area contributed by atoms with Crippen LogP contribution in [0.4, 0.5) is 0 Å². The number of aromatic hydroxyl groups is 1. The van der Waals surface area contributed by atoms with Crippen LogP contribution in [0.3, 0.4) is 0 Å². The van der Waals surface area contributed by atoms with Crippen LogP contribution in [0.5, 0.6) is 5.75 Å². The first-order valence-corrected chi connectivity index (χ1v) is 8.71. The number of phenolic OH excluding ortho intramolecular Hbond substituents is 1. The van der Waals surface area contributed by atoms with E-state index in [-0.39, 0.29) is 23.8 Å². The molecule has 1 amide bonds. The lowest BCUT2D eigenvalue weighted by Gasteiger charge is -2.22. The number of carbonyl (C=O) groups excluding carboxylic acids is 1. The van der Waals surface area contributed by atoms with Gasteiger partial charge in [-0.2, -0.15) is 0 Å². The summed E-state index contributed by atoms with van der Waals surface area (Å²) in [5.41, 5.74) is 1.20. The lowest BCUT2D eigenvalue weighted by atomic mass is 9.90. The second-order valence-electron chi connectivity index (χ2n) is 5.48. The standard InChI is InChI=1S/C19H20INO3/c1-2-6-15(13-7-4-3-5-8-13)18(23)12-21-19(24)16-11-14(20)9-10-17(16)22/h2-5,7-11,15,18,22-23H,1,6,12H2,(H,21,24). The number of allylic oxidation sites excluding steroid dienone is 1. The van der Waals surface area contributed by atoms with Crippen molar-refractivity contribution in [1.29, 1.82) is 0 Å². The number of phenols is 1. The molecule has 2 aromatic rings. The summed E-state index contributed by atoms with van der Waals surface area (Å²) in [6.07, 6.45) is 1.61. The van der Waals surface area contributed by atoms with Crippen molar-refractivity contribution in [2.45, 2.75) is 18.4 Å². The first-order valence-electron chi connectivity index (χ1n) is 7.63. The van der Waals surface area contributed by atoms with Crippen LogP contribution in [0.25, 0.3) is 0 Å². The van der Waals surface area contributed by atoms with Gasteiger partial charge in [0.15, 0.2) is 0 Å². The van der Waals surface area contributed by atoms with Crippen molar-refractivity contribution < 1.29 is 15.0 Å². The van der Waals surface area contributed by atoms with Gasteiger partial charge in [0.2, 0.25) is 0 Å². The third-order valence-corrected chi connectivity index (χ3v) is 4.46. The van der Waals surface area contributed by atoms with Gasteiger partial charge in [0.1, 0.15) is 5.75 Å². The van der Waals surface area contributed by atoms with Crippen LogP contribution in [0.2, 0.25) is 0 Å². The molecule has 4 nitrogen and oxygen atoms in total. The second kappa shape index (κ2) is 8.84. The fraction of sp³-hybridized carbons (Fsp3) is 0.211. The van der Waals surface area contributed by atoms with Gasteiger partial charge in [-0.15, -0.1) is 6.58 Å². The normalized spacial score (nSPS) is 13.1. The number of nitrogens with one attached hydrogen (secondary N) is 1. The molecule has 0 aliphatic rings. The van der Waals surface area contributed by atoms with Gasteiger partial charge < -0.3 is 15.5 Å². The van der Waals surface area contributed by atoms with E-state index in [1.807, 2.05) is 30.3 Å². The smallest absolute Gasteiger partial charge is 0.255 e. The molecule has 0 fully saturated rings. The molecule has 2 atom stereocenters. The summed E-state index contributed by atoms with van der Waals surface area (Å²) in [4.78, 5) is 12.2. The Bertz CT molecular complexity index is 703. The van der Waals surface area contributed by atoms with Gasteiger partial charge in [-0.1, -0.05) is 36.4 Å². The molecule has 0 aromatic heterocycles. The zero-order valence-electron chi connectivity index (χ0n) is 13.2. The first-order chi connectivity index (χ1) is 11.5. The highest BCUT2D eigenvalue weighted by Gasteiger charge is 2.21. The largest absolute Gasteiger partial charge is 0.507 e. The summed E-state index contributed by atoms with van der Waals surface area (Å²) >= 11 is 2.07. The topological polar surface area (TPSA) is 69.6 Å². The number of carbonyl (C=O) groups is 1. The maximum Gasteiger partial charge on any atom is 0.255 e. The summed E-state index contributed by atoms with van der Waals surface area (Å²) in [5.74, 6) is -0.628. The molecule has 0 saturated heterocycles. The lowest BCUT2D eigenvalue weighted by Crippen LogP contribution is -2.35. The number of hydrogen-bond donors (Lipinski definition) is 3. The predicted molar refractivity (Wildman–Crippen MR) is 103 cm³/mol. The summed E-state index contributed by atoms with van der Waals surface area (Å²) in [5, 5.41) is 23.0. The van der Waals surface area contributed by atoms with Gasteiger partial charge in [0.25, 0.3) is 5.91 Å². The van der Waals surface area contributed by atoms with Gasteiger partial charge in [0.05, 0.1) is 11.7 Å². The number of amides is 1. The zero-order valence-corrected chi connectivity index (χ0v) is 15.3. The molecule has 0 heterocycles. The highest BCUT2D eigenvalue weighted by Crippen LogP contribution is 2.24. The summed E-state index contributed by atoms with van der Waals surface area (Å²) in [6, 6.07) is 14.5. The van der Waals surface area contributed by atoms with Crippen LogP contribution in [-0.4, -0.2) is 28.8 Å². The van der Waals surface area contributed by atoms with E-state index < -0.39 is 12.0 Å². The minimum Gasteiger partial charge on any atom is -0.507 e. The van der Waals surface area contributed by atoms with Crippen molar-refractivity contribution in [3.8, 4) is 5.75 Å². The van der Waals surface area contributed by atoms with Crippen LogP contribution in [0.1, 0.15) is 28.3 Å². The molecule has 2 aromatic carbocycles. The van der Waals surface area contributed by atoms with Gasteiger partial charge >= 0.3 is 0 Å².